The molecule has 0 bridgehead atoms. The fourth-order valence-corrected chi connectivity index (χ4v) is 3.25. The van der Waals surface area contributed by atoms with Crippen LogP contribution in [0.25, 0.3) is 0 Å². The third-order valence-corrected chi connectivity index (χ3v) is 4.37. The second kappa shape index (κ2) is 8.10. The summed E-state index contributed by atoms with van der Waals surface area (Å²) in [6.45, 7) is 9.67. The van der Waals surface area contributed by atoms with Crippen molar-refractivity contribution in [2.24, 2.45) is 5.92 Å². The molecule has 0 saturated carbocycles. The van der Waals surface area contributed by atoms with Gasteiger partial charge in [-0.3, -0.25) is 4.90 Å². The third-order valence-electron chi connectivity index (χ3n) is 4.37. The Bertz CT molecular complexity index is 193. The summed E-state index contributed by atoms with van der Waals surface area (Å²) < 4.78 is 0. The van der Waals surface area contributed by atoms with Crippen LogP contribution < -0.4 is 5.32 Å². The van der Waals surface area contributed by atoms with Gasteiger partial charge < -0.3 is 5.32 Å². The number of hydrogen-bond donors (Lipinski definition) is 1. The monoisotopic (exact) mass is 240 g/mol. The summed E-state index contributed by atoms with van der Waals surface area (Å²) in [5.41, 5.74) is 0. The highest BCUT2D eigenvalue weighted by Gasteiger charge is 2.25. The summed E-state index contributed by atoms with van der Waals surface area (Å²) >= 11 is 0. The molecule has 1 rings (SSSR count). The predicted molar refractivity (Wildman–Crippen MR) is 76.4 cm³/mol. The Morgan fingerprint density at radius 2 is 2.00 bits per heavy atom. The standard InChI is InChI=1S/C15H32N2/c1-5-8-14(16-4)15(6-2)17-11-7-9-13(3)10-12-17/h13-16H,5-12H2,1-4H3. The number of likely N-dealkylation sites (N-methyl/N-ethyl adjacent to an activating group) is 1. The van der Waals surface area contributed by atoms with Crippen molar-refractivity contribution in [3.63, 3.8) is 0 Å². The van der Waals surface area contributed by atoms with Crippen LogP contribution in [0.5, 0.6) is 0 Å². The van der Waals surface area contributed by atoms with Gasteiger partial charge in [0, 0.05) is 12.1 Å². The predicted octanol–water partition coefficient (Wildman–Crippen LogP) is 3.28. The molecule has 0 aromatic rings. The van der Waals surface area contributed by atoms with E-state index in [4.69, 9.17) is 0 Å². The van der Waals surface area contributed by atoms with Crippen LogP contribution in [0.1, 0.15) is 59.3 Å². The molecule has 0 aliphatic carbocycles. The Balaban J connectivity index is 2.57. The first-order valence-electron chi connectivity index (χ1n) is 7.64. The molecule has 1 heterocycles. The maximum absolute atomic E-state index is 3.54. The number of nitrogens with one attached hydrogen (secondary N) is 1. The summed E-state index contributed by atoms with van der Waals surface area (Å²) in [5.74, 6) is 0.928. The van der Waals surface area contributed by atoms with Crippen molar-refractivity contribution in [3.05, 3.63) is 0 Å². The molecule has 0 spiro atoms. The van der Waals surface area contributed by atoms with Crippen molar-refractivity contribution in [1.29, 1.82) is 0 Å². The molecule has 2 nitrogen and oxygen atoms in total. The first-order chi connectivity index (χ1) is 8.22. The Hall–Kier alpha value is -0.0800. The lowest BCUT2D eigenvalue weighted by atomic mass is 9.99. The van der Waals surface area contributed by atoms with Crippen LogP contribution >= 0.6 is 0 Å². The van der Waals surface area contributed by atoms with Crippen LogP contribution in [0.2, 0.25) is 0 Å². The summed E-state index contributed by atoms with van der Waals surface area (Å²) in [6, 6.07) is 1.42. The summed E-state index contributed by atoms with van der Waals surface area (Å²) in [5, 5.41) is 3.54. The van der Waals surface area contributed by atoms with Crippen LogP contribution in [0, 0.1) is 5.92 Å². The summed E-state index contributed by atoms with van der Waals surface area (Å²) in [6.07, 6.45) is 8.07. The fraction of sp³-hybridized carbons (Fsp3) is 1.00. The van der Waals surface area contributed by atoms with Crippen LogP contribution in [-0.2, 0) is 0 Å². The van der Waals surface area contributed by atoms with Gasteiger partial charge in [-0.15, -0.1) is 0 Å². The average Bonchev–Trinajstić information content (AvgIpc) is 2.54. The van der Waals surface area contributed by atoms with E-state index in [1.807, 2.05) is 0 Å². The molecule has 3 atom stereocenters. The van der Waals surface area contributed by atoms with Gasteiger partial charge in [0.2, 0.25) is 0 Å². The second-order valence-corrected chi connectivity index (χ2v) is 5.73. The van der Waals surface area contributed by atoms with E-state index in [1.165, 1.54) is 51.6 Å². The number of likely N-dealkylation sites (tertiary alicyclic amines) is 1. The molecule has 1 saturated heterocycles. The Morgan fingerprint density at radius 1 is 1.24 bits per heavy atom. The first kappa shape index (κ1) is 15.0. The Morgan fingerprint density at radius 3 is 2.59 bits per heavy atom. The highest BCUT2D eigenvalue weighted by Crippen LogP contribution is 2.21. The summed E-state index contributed by atoms with van der Waals surface area (Å²) in [7, 11) is 2.13. The quantitative estimate of drug-likeness (QED) is 0.766. The van der Waals surface area contributed by atoms with Gasteiger partial charge in [-0.25, -0.2) is 0 Å². The van der Waals surface area contributed by atoms with E-state index in [-0.39, 0.29) is 0 Å². The molecule has 0 amide bonds. The maximum atomic E-state index is 3.54. The van der Waals surface area contributed by atoms with Gasteiger partial charge in [-0.2, -0.15) is 0 Å². The van der Waals surface area contributed by atoms with Crippen molar-refractivity contribution >= 4 is 0 Å². The van der Waals surface area contributed by atoms with Crippen molar-refractivity contribution in [2.75, 3.05) is 20.1 Å². The zero-order chi connectivity index (χ0) is 12.7. The number of nitrogens with zero attached hydrogens (tertiary/aromatic N) is 1. The molecule has 1 aliphatic heterocycles. The summed E-state index contributed by atoms with van der Waals surface area (Å²) in [4.78, 5) is 2.75. The Labute approximate surface area is 108 Å². The van der Waals surface area contributed by atoms with Gasteiger partial charge in [0.25, 0.3) is 0 Å². The minimum absolute atomic E-state index is 0.679. The average molecular weight is 240 g/mol. The van der Waals surface area contributed by atoms with Crippen molar-refractivity contribution < 1.29 is 0 Å². The van der Waals surface area contributed by atoms with Crippen LogP contribution in [0.3, 0.4) is 0 Å². The van der Waals surface area contributed by atoms with E-state index < -0.39 is 0 Å². The molecule has 3 unspecified atom stereocenters. The van der Waals surface area contributed by atoms with Crippen LogP contribution in [0.4, 0.5) is 0 Å². The van der Waals surface area contributed by atoms with Gasteiger partial charge in [-0.1, -0.05) is 27.2 Å². The largest absolute Gasteiger partial charge is 0.315 e. The fourth-order valence-electron chi connectivity index (χ4n) is 3.25. The van der Waals surface area contributed by atoms with Crippen molar-refractivity contribution in [3.8, 4) is 0 Å². The highest BCUT2D eigenvalue weighted by atomic mass is 15.2. The third kappa shape index (κ3) is 4.59. The van der Waals surface area contributed by atoms with E-state index in [2.05, 4.69) is 38.0 Å². The molecule has 0 radical (unpaired) electrons. The molecule has 102 valence electrons. The molecule has 2 heteroatoms. The van der Waals surface area contributed by atoms with Gasteiger partial charge >= 0.3 is 0 Å². The minimum Gasteiger partial charge on any atom is -0.315 e. The lowest BCUT2D eigenvalue weighted by molar-refractivity contribution is 0.153. The van der Waals surface area contributed by atoms with Crippen LogP contribution in [-0.4, -0.2) is 37.1 Å². The molecule has 1 aliphatic rings. The Kier molecular flexibility index (Phi) is 7.14. The van der Waals surface area contributed by atoms with Gasteiger partial charge in [0.1, 0.15) is 0 Å². The zero-order valence-corrected chi connectivity index (χ0v) is 12.3. The van der Waals surface area contributed by atoms with E-state index >= 15 is 0 Å². The topological polar surface area (TPSA) is 15.3 Å². The van der Waals surface area contributed by atoms with E-state index in [0.717, 1.165) is 12.0 Å². The SMILES string of the molecule is CCCC(NC)C(CC)N1CCCC(C)CC1. The van der Waals surface area contributed by atoms with Gasteiger partial charge in [-0.05, 0) is 58.2 Å². The molecule has 1 N–H and O–H groups in total. The van der Waals surface area contributed by atoms with E-state index in [9.17, 15) is 0 Å². The van der Waals surface area contributed by atoms with E-state index in [1.54, 1.807) is 0 Å². The number of hydrogen-bond acceptors (Lipinski definition) is 2. The van der Waals surface area contributed by atoms with Gasteiger partial charge in [0.15, 0.2) is 0 Å². The van der Waals surface area contributed by atoms with Gasteiger partial charge in [0.05, 0.1) is 0 Å². The van der Waals surface area contributed by atoms with E-state index in [0.29, 0.717) is 6.04 Å². The second-order valence-electron chi connectivity index (χ2n) is 5.73. The van der Waals surface area contributed by atoms with Crippen molar-refractivity contribution in [2.45, 2.75) is 71.4 Å². The lowest BCUT2D eigenvalue weighted by Crippen LogP contribution is -2.49. The van der Waals surface area contributed by atoms with Crippen LogP contribution in [0.15, 0.2) is 0 Å². The zero-order valence-electron chi connectivity index (χ0n) is 12.3. The molecular weight excluding hydrogens is 208 g/mol. The highest BCUT2D eigenvalue weighted by molar-refractivity contribution is 4.84. The molecule has 0 aromatic heterocycles. The lowest BCUT2D eigenvalue weighted by Gasteiger charge is -2.36. The normalized spacial score (nSPS) is 26.5. The minimum atomic E-state index is 0.679. The molecule has 1 fully saturated rings. The molecule has 17 heavy (non-hydrogen) atoms. The smallest absolute Gasteiger partial charge is 0.0246 e. The molecular formula is C15H32N2. The number of rotatable bonds is 6. The van der Waals surface area contributed by atoms with Crippen molar-refractivity contribution in [1.82, 2.24) is 10.2 Å². The first-order valence-corrected chi connectivity index (χ1v) is 7.64. The maximum Gasteiger partial charge on any atom is 0.0246 e. The molecule has 0 aromatic carbocycles.